The number of alkyl carbamates (subject to hydrolysis) is 1. The summed E-state index contributed by atoms with van der Waals surface area (Å²) in [5.41, 5.74) is 6.27. The monoisotopic (exact) mass is 717 g/mol. The number of unbranched alkanes of at least 4 members (excludes halogenated alkanes) is 3. The second-order valence-corrected chi connectivity index (χ2v) is 12.8. The molecule has 0 unspecified atom stereocenters. The topological polar surface area (TPSA) is 244 Å². The van der Waals surface area contributed by atoms with Gasteiger partial charge in [-0.2, -0.15) is 0 Å². The molecule has 1 aliphatic rings. The number of amides is 8. The predicted octanol–water partition coefficient (Wildman–Crippen LogP) is 2.28. The molecule has 17 nitrogen and oxygen atoms in total. The summed E-state index contributed by atoms with van der Waals surface area (Å²) in [6.07, 6.45) is 2.28. The number of anilines is 1. The summed E-state index contributed by atoms with van der Waals surface area (Å²) >= 11 is 0. The molecule has 7 N–H and O–H groups in total. The van der Waals surface area contributed by atoms with E-state index in [9.17, 15) is 38.4 Å². The van der Waals surface area contributed by atoms with Gasteiger partial charge in [0.1, 0.15) is 18.7 Å². The fourth-order valence-electron chi connectivity index (χ4n) is 4.88. The van der Waals surface area contributed by atoms with Gasteiger partial charge in [0.25, 0.3) is 11.8 Å². The van der Waals surface area contributed by atoms with Crippen molar-refractivity contribution in [2.75, 3.05) is 11.9 Å². The maximum absolute atomic E-state index is 13.4. The molecule has 282 valence electrons. The molecule has 0 radical (unpaired) electrons. The number of nitrogens with two attached hydrogens (primary N) is 1. The summed E-state index contributed by atoms with van der Waals surface area (Å²) in [4.78, 5) is 102. The van der Waals surface area contributed by atoms with Crippen molar-refractivity contribution in [2.45, 2.75) is 117 Å². The average molecular weight is 718 g/mol. The van der Waals surface area contributed by atoms with E-state index in [0.29, 0.717) is 48.4 Å². The maximum atomic E-state index is 13.4. The molecule has 51 heavy (non-hydrogen) atoms. The van der Waals surface area contributed by atoms with Crippen molar-refractivity contribution in [1.29, 1.82) is 0 Å². The minimum atomic E-state index is -1.01. The van der Waals surface area contributed by atoms with Crippen molar-refractivity contribution in [1.82, 2.24) is 26.3 Å². The van der Waals surface area contributed by atoms with Crippen molar-refractivity contribution < 1.29 is 47.9 Å². The number of carbonyl (C=O) groups excluding carboxylic acids is 8. The van der Waals surface area contributed by atoms with E-state index >= 15 is 0 Å². The van der Waals surface area contributed by atoms with Crippen LogP contribution in [-0.2, 0) is 44.9 Å². The number of hydroxylamine groups is 2. The molecule has 1 aromatic carbocycles. The lowest BCUT2D eigenvalue weighted by Crippen LogP contribution is -2.54. The number of rotatable bonds is 21. The molecule has 1 aliphatic heterocycles. The summed E-state index contributed by atoms with van der Waals surface area (Å²) in [7, 11) is 0. The molecule has 0 saturated carbocycles. The summed E-state index contributed by atoms with van der Waals surface area (Å²) < 4.78 is 5.16. The number of ether oxygens (including phenoxy) is 1. The Labute approximate surface area is 297 Å². The van der Waals surface area contributed by atoms with Gasteiger partial charge < -0.3 is 41.9 Å². The number of urea groups is 1. The van der Waals surface area contributed by atoms with Crippen LogP contribution in [0.15, 0.2) is 24.3 Å². The SMILES string of the molecule is CC(C)NC(=O)OCc1ccc(NC(=O)[C@H](CCCNC(N)=O)NC(=O)[C@@H](NC(=O)CCCCCCC(=O)ON2C(=O)CCC2=O)C(C)C)cc1. The van der Waals surface area contributed by atoms with Gasteiger partial charge in [0.15, 0.2) is 0 Å². The van der Waals surface area contributed by atoms with E-state index in [1.807, 2.05) is 13.8 Å². The van der Waals surface area contributed by atoms with Gasteiger partial charge in [0.2, 0.25) is 17.7 Å². The lowest BCUT2D eigenvalue weighted by Gasteiger charge is -2.25. The average Bonchev–Trinajstić information content (AvgIpc) is 3.37. The maximum Gasteiger partial charge on any atom is 0.407 e. The highest BCUT2D eigenvalue weighted by atomic mass is 16.7. The first-order valence-corrected chi connectivity index (χ1v) is 17.2. The predicted molar refractivity (Wildman–Crippen MR) is 184 cm³/mol. The molecule has 2 rings (SSSR count). The Morgan fingerprint density at radius 1 is 0.804 bits per heavy atom. The molecule has 1 fully saturated rings. The molecule has 2 atom stereocenters. The quantitative estimate of drug-likeness (QED) is 0.0800. The number of carbonyl (C=O) groups is 8. The van der Waals surface area contributed by atoms with Crippen LogP contribution in [0.4, 0.5) is 15.3 Å². The van der Waals surface area contributed by atoms with E-state index in [0.717, 1.165) is 0 Å². The number of benzene rings is 1. The number of imide groups is 1. The number of hydrogen-bond donors (Lipinski definition) is 6. The Morgan fingerprint density at radius 3 is 2.02 bits per heavy atom. The highest BCUT2D eigenvalue weighted by Gasteiger charge is 2.33. The summed E-state index contributed by atoms with van der Waals surface area (Å²) in [5.74, 6) is -3.49. The summed E-state index contributed by atoms with van der Waals surface area (Å²) in [6, 6.07) is 3.89. The zero-order valence-electron chi connectivity index (χ0n) is 29.7. The first-order chi connectivity index (χ1) is 24.2. The van der Waals surface area contributed by atoms with Crippen LogP contribution in [0.2, 0.25) is 0 Å². The molecular weight excluding hydrogens is 666 g/mol. The molecule has 0 aromatic heterocycles. The Kier molecular flexibility index (Phi) is 17.9. The van der Waals surface area contributed by atoms with E-state index < -0.39 is 53.8 Å². The van der Waals surface area contributed by atoms with E-state index in [4.69, 9.17) is 15.3 Å². The van der Waals surface area contributed by atoms with Crippen LogP contribution >= 0.6 is 0 Å². The minimum Gasteiger partial charge on any atom is -0.445 e. The van der Waals surface area contributed by atoms with Crippen molar-refractivity contribution in [3.63, 3.8) is 0 Å². The lowest BCUT2D eigenvalue weighted by atomic mass is 10.0. The van der Waals surface area contributed by atoms with Gasteiger partial charge in [-0.3, -0.25) is 24.0 Å². The van der Waals surface area contributed by atoms with Gasteiger partial charge in [-0.05, 0) is 63.1 Å². The molecule has 0 bridgehead atoms. The van der Waals surface area contributed by atoms with E-state index in [1.54, 1.807) is 38.1 Å². The van der Waals surface area contributed by atoms with Crippen LogP contribution in [0, 0.1) is 5.92 Å². The Morgan fingerprint density at radius 2 is 1.43 bits per heavy atom. The minimum absolute atomic E-state index is 0.0190. The summed E-state index contributed by atoms with van der Waals surface area (Å²) in [6.45, 7) is 7.36. The van der Waals surface area contributed by atoms with Gasteiger partial charge in [-0.15, -0.1) is 5.06 Å². The van der Waals surface area contributed by atoms with E-state index in [-0.39, 0.29) is 63.1 Å². The van der Waals surface area contributed by atoms with Crippen LogP contribution in [-0.4, -0.2) is 77.4 Å². The number of nitrogens with zero attached hydrogens (tertiary/aromatic N) is 1. The Balaban J connectivity index is 1.87. The van der Waals surface area contributed by atoms with Gasteiger partial charge >= 0.3 is 18.1 Å². The molecule has 17 heteroatoms. The molecule has 1 aromatic rings. The molecule has 8 amide bonds. The number of nitrogens with one attached hydrogen (secondary N) is 5. The fourth-order valence-corrected chi connectivity index (χ4v) is 4.88. The molecule has 1 saturated heterocycles. The molecule has 0 aliphatic carbocycles. The zero-order valence-corrected chi connectivity index (χ0v) is 29.7. The fraction of sp³-hybridized carbons (Fsp3) is 0.588. The lowest BCUT2D eigenvalue weighted by molar-refractivity contribution is -0.197. The van der Waals surface area contributed by atoms with Gasteiger partial charge in [-0.1, -0.05) is 38.8 Å². The summed E-state index contributed by atoms with van der Waals surface area (Å²) in [5, 5.41) is 13.8. The normalized spacial score (nSPS) is 13.7. The van der Waals surface area contributed by atoms with Crippen molar-refractivity contribution >= 4 is 53.3 Å². The zero-order chi connectivity index (χ0) is 37.9. The smallest absolute Gasteiger partial charge is 0.407 e. The third kappa shape index (κ3) is 16.4. The van der Waals surface area contributed by atoms with Crippen LogP contribution in [0.5, 0.6) is 0 Å². The molecule has 1 heterocycles. The van der Waals surface area contributed by atoms with E-state index in [2.05, 4.69) is 26.6 Å². The highest BCUT2D eigenvalue weighted by Crippen LogP contribution is 2.15. The second kappa shape index (κ2) is 21.8. The number of primary amides is 1. The van der Waals surface area contributed by atoms with Crippen LogP contribution < -0.4 is 32.3 Å². The third-order valence-corrected chi connectivity index (χ3v) is 7.60. The van der Waals surface area contributed by atoms with Crippen molar-refractivity contribution in [3.05, 3.63) is 29.8 Å². The van der Waals surface area contributed by atoms with E-state index in [1.165, 1.54) is 0 Å². The van der Waals surface area contributed by atoms with Crippen LogP contribution in [0.25, 0.3) is 0 Å². The molecule has 0 spiro atoms. The number of hydrogen-bond acceptors (Lipinski definition) is 10. The molecular formula is C34H51N7O10. The van der Waals surface area contributed by atoms with Gasteiger partial charge in [0.05, 0.1) is 0 Å². The van der Waals surface area contributed by atoms with Crippen molar-refractivity contribution in [3.8, 4) is 0 Å². The van der Waals surface area contributed by atoms with Crippen molar-refractivity contribution in [2.24, 2.45) is 11.7 Å². The highest BCUT2D eigenvalue weighted by molar-refractivity contribution is 6.01. The largest absolute Gasteiger partial charge is 0.445 e. The van der Waals surface area contributed by atoms with Crippen LogP contribution in [0.3, 0.4) is 0 Å². The Bertz CT molecular complexity index is 1370. The van der Waals surface area contributed by atoms with Gasteiger partial charge in [0, 0.05) is 44.0 Å². The standard InChI is InChI=1S/C34H51N7O10/c1-21(2)30(40-26(42)11-7-5-6-8-12-29(45)51-41-27(43)17-18-28(41)44)32(47)39-25(10-9-19-36-33(35)48)31(46)38-24-15-13-23(14-16-24)20-50-34(49)37-22(3)4/h13-16,21-22,25,30H,5-12,17-20H2,1-4H3,(H,37,49)(H,38,46)(H,39,47)(H,40,42)(H3,35,36,48)/t25-,30-/m0/s1. The first kappa shape index (κ1) is 41.9. The Hall–Kier alpha value is -5.22. The van der Waals surface area contributed by atoms with Crippen LogP contribution in [0.1, 0.15) is 97.5 Å². The third-order valence-electron chi connectivity index (χ3n) is 7.60. The second-order valence-electron chi connectivity index (χ2n) is 12.8. The van der Waals surface area contributed by atoms with Gasteiger partial charge in [-0.25, -0.2) is 14.4 Å². The first-order valence-electron chi connectivity index (χ1n) is 17.2.